The molecule has 0 saturated carbocycles. The van der Waals surface area contributed by atoms with Gasteiger partial charge in [0.2, 0.25) is 5.76 Å². The highest BCUT2D eigenvalue weighted by Crippen LogP contribution is 2.32. The molecular formula is C16H13F3N4O2. The van der Waals surface area contributed by atoms with Crippen molar-refractivity contribution in [3.05, 3.63) is 59.9 Å². The lowest BCUT2D eigenvalue weighted by molar-refractivity contribution is -0.671. The lowest BCUT2D eigenvalue weighted by Crippen LogP contribution is -2.24. The van der Waals surface area contributed by atoms with Gasteiger partial charge in [-0.25, -0.2) is 4.57 Å². The van der Waals surface area contributed by atoms with Crippen molar-refractivity contribution in [2.75, 3.05) is 0 Å². The normalized spacial score (nSPS) is 12.6. The van der Waals surface area contributed by atoms with E-state index in [0.717, 1.165) is 6.07 Å². The summed E-state index contributed by atoms with van der Waals surface area (Å²) in [5, 5.41) is 19.6. The minimum atomic E-state index is -4.60. The monoisotopic (exact) mass is 350 g/mol. The third kappa shape index (κ3) is 3.54. The zero-order valence-corrected chi connectivity index (χ0v) is 13.3. The van der Waals surface area contributed by atoms with E-state index >= 15 is 0 Å². The lowest BCUT2D eigenvalue weighted by atomic mass is 10.0. The number of hydrogen-bond acceptors (Lipinski definition) is 4. The van der Waals surface area contributed by atoms with Gasteiger partial charge in [-0.05, 0) is 24.1 Å². The van der Waals surface area contributed by atoms with Crippen LogP contribution >= 0.6 is 0 Å². The molecule has 2 aromatic heterocycles. The maximum Gasteiger partial charge on any atom is 0.452 e. The Labute approximate surface area is 140 Å². The molecule has 0 unspecified atom stereocenters. The van der Waals surface area contributed by atoms with Crippen molar-refractivity contribution in [1.82, 2.24) is 9.83 Å². The van der Waals surface area contributed by atoms with Gasteiger partial charge in [0.1, 0.15) is 11.9 Å². The van der Waals surface area contributed by atoms with E-state index in [9.17, 15) is 18.3 Å². The molecule has 3 rings (SSSR count). The average molecular weight is 350 g/mol. The van der Waals surface area contributed by atoms with Gasteiger partial charge in [0.25, 0.3) is 6.33 Å². The van der Waals surface area contributed by atoms with E-state index in [4.69, 9.17) is 0 Å². The summed E-state index contributed by atoms with van der Waals surface area (Å²) in [6.45, 7) is 1.67. The lowest BCUT2D eigenvalue weighted by Gasteiger charge is -2.12. The van der Waals surface area contributed by atoms with E-state index in [0.29, 0.717) is 16.7 Å². The van der Waals surface area contributed by atoms with Crippen LogP contribution in [-0.4, -0.2) is 15.7 Å². The topological polar surface area (TPSA) is 70.3 Å². The fourth-order valence-electron chi connectivity index (χ4n) is 2.26. The Kier molecular flexibility index (Phi) is 4.07. The van der Waals surface area contributed by atoms with Crippen LogP contribution in [0.5, 0.6) is 0 Å². The van der Waals surface area contributed by atoms with E-state index in [2.05, 4.69) is 14.8 Å². The number of alkyl halides is 3. The Morgan fingerprint density at radius 1 is 1.32 bits per heavy atom. The highest BCUT2D eigenvalue weighted by Gasteiger charge is 2.36. The third-order valence-corrected chi connectivity index (χ3v) is 3.50. The molecule has 25 heavy (non-hydrogen) atoms. The molecule has 0 aliphatic carbocycles. The van der Waals surface area contributed by atoms with Gasteiger partial charge in [-0.2, -0.15) is 13.2 Å². The van der Waals surface area contributed by atoms with Crippen molar-refractivity contribution in [2.24, 2.45) is 12.1 Å². The molecule has 0 spiro atoms. The van der Waals surface area contributed by atoms with E-state index in [1.54, 1.807) is 43.3 Å². The van der Waals surface area contributed by atoms with E-state index in [-0.39, 0.29) is 5.69 Å². The van der Waals surface area contributed by atoms with Crippen LogP contribution in [0.25, 0.3) is 11.3 Å². The summed E-state index contributed by atoms with van der Waals surface area (Å²) in [4.78, 5) is 0. The molecule has 130 valence electrons. The molecule has 3 aromatic rings. The van der Waals surface area contributed by atoms with E-state index in [1.807, 2.05) is 0 Å². The summed E-state index contributed by atoms with van der Waals surface area (Å²) in [7, 11) is 1.80. The molecule has 1 aromatic carbocycles. The fraction of sp³-hybridized carbons (Fsp3) is 0.188. The van der Waals surface area contributed by atoms with Gasteiger partial charge in [0.05, 0.1) is 7.05 Å². The van der Waals surface area contributed by atoms with Crippen molar-refractivity contribution < 1.29 is 27.4 Å². The molecule has 0 amide bonds. The van der Waals surface area contributed by atoms with Crippen molar-refractivity contribution in [1.29, 1.82) is 0 Å². The van der Waals surface area contributed by atoms with E-state index < -0.39 is 17.8 Å². The first-order valence-electron chi connectivity index (χ1n) is 7.18. The summed E-state index contributed by atoms with van der Waals surface area (Å²) in [6.07, 6.45) is 0.378. The molecule has 9 heteroatoms. The summed E-state index contributed by atoms with van der Waals surface area (Å²) >= 11 is 0. The van der Waals surface area contributed by atoms with Crippen molar-refractivity contribution >= 4 is 5.90 Å². The summed E-state index contributed by atoms with van der Waals surface area (Å²) in [6, 6.07) is 5.39. The van der Waals surface area contributed by atoms with E-state index in [1.165, 1.54) is 16.8 Å². The Bertz CT molecular complexity index is 941. The van der Waals surface area contributed by atoms with Crippen molar-refractivity contribution in [3.63, 3.8) is 0 Å². The predicted molar refractivity (Wildman–Crippen MR) is 79.2 cm³/mol. The maximum absolute atomic E-state index is 12.6. The standard InChI is InChI=1S/C16H13F3N4O2/c1-10-7-11(13-8-14(25-21-13)16(17,18)19)3-4-12(10)15(24)20-23-6-5-22(2)9-23/h3-9H,1-2H3. The van der Waals surface area contributed by atoms with Crippen LogP contribution in [-0.2, 0) is 13.2 Å². The molecule has 6 nitrogen and oxygen atoms in total. The number of imidazole rings is 1. The minimum Gasteiger partial charge on any atom is -0.856 e. The Hall–Kier alpha value is -3.10. The molecule has 0 radical (unpaired) electrons. The summed E-state index contributed by atoms with van der Waals surface area (Å²) in [5.74, 6) is -1.63. The molecule has 0 aliphatic rings. The van der Waals surface area contributed by atoms with Gasteiger partial charge in [0, 0.05) is 17.5 Å². The molecule has 2 heterocycles. The maximum atomic E-state index is 12.6. The Balaban J connectivity index is 1.90. The van der Waals surface area contributed by atoms with Crippen LogP contribution in [0.3, 0.4) is 0 Å². The first-order chi connectivity index (χ1) is 11.7. The molecule has 0 aliphatic heterocycles. The summed E-state index contributed by atoms with van der Waals surface area (Å²) in [5.41, 5.74) is 1.38. The second-order valence-corrected chi connectivity index (χ2v) is 5.47. The smallest absolute Gasteiger partial charge is 0.452 e. The van der Waals surface area contributed by atoms with Crippen molar-refractivity contribution in [2.45, 2.75) is 13.1 Å². The minimum absolute atomic E-state index is 0.0452. The quantitative estimate of drug-likeness (QED) is 0.411. The van der Waals surface area contributed by atoms with Crippen LogP contribution in [0.4, 0.5) is 13.2 Å². The molecular weight excluding hydrogens is 337 g/mol. The number of rotatable bonds is 3. The summed E-state index contributed by atoms with van der Waals surface area (Å²) < 4.78 is 45.2. The number of hydrogen-bond donors (Lipinski definition) is 0. The molecule has 0 saturated heterocycles. The van der Waals surface area contributed by atoms with Crippen LogP contribution in [0, 0.1) is 6.92 Å². The van der Waals surface area contributed by atoms with Gasteiger partial charge in [0.15, 0.2) is 6.20 Å². The first-order valence-corrected chi connectivity index (χ1v) is 7.18. The Morgan fingerprint density at radius 2 is 2.08 bits per heavy atom. The zero-order chi connectivity index (χ0) is 18.2. The Morgan fingerprint density at radius 3 is 2.64 bits per heavy atom. The highest BCUT2D eigenvalue weighted by molar-refractivity contribution is 5.92. The van der Waals surface area contributed by atoms with Crippen LogP contribution < -0.4 is 9.67 Å². The van der Waals surface area contributed by atoms with Gasteiger partial charge in [-0.3, -0.25) is 0 Å². The van der Waals surface area contributed by atoms with Crippen LogP contribution in [0.1, 0.15) is 16.9 Å². The molecule has 0 bridgehead atoms. The highest BCUT2D eigenvalue weighted by atomic mass is 19.4. The van der Waals surface area contributed by atoms with Crippen LogP contribution in [0.15, 0.2) is 52.6 Å². The number of benzene rings is 1. The number of aryl methyl sites for hydroxylation is 2. The number of nitrogens with zero attached hydrogens (tertiary/aromatic N) is 4. The van der Waals surface area contributed by atoms with Crippen LogP contribution in [0.2, 0.25) is 0 Å². The SMILES string of the molecule is Cc1cc(-c2cc(C(F)(F)F)on2)ccc1C([O-])=Nn1cc[n+](C)c1. The second-order valence-electron chi connectivity index (χ2n) is 5.47. The van der Waals surface area contributed by atoms with Crippen molar-refractivity contribution in [3.8, 4) is 11.3 Å². The van der Waals surface area contributed by atoms with Gasteiger partial charge < -0.3 is 9.63 Å². The van der Waals surface area contributed by atoms with Gasteiger partial charge in [-0.15, -0.1) is 4.68 Å². The molecule has 0 fully saturated rings. The number of aromatic nitrogens is 3. The number of halogens is 3. The fourth-order valence-corrected chi connectivity index (χ4v) is 2.26. The second kappa shape index (κ2) is 6.08. The largest absolute Gasteiger partial charge is 0.856 e. The average Bonchev–Trinajstić information content (AvgIpc) is 3.16. The third-order valence-electron chi connectivity index (χ3n) is 3.50. The zero-order valence-electron chi connectivity index (χ0n) is 13.3. The first kappa shape index (κ1) is 16.7. The van der Waals surface area contributed by atoms with Gasteiger partial charge in [-0.1, -0.05) is 22.4 Å². The molecule has 0 atom stereocenters. The molecule has 0 N–H and O–H groups in total. The van der Waals surface area contributed by atoms with Gasteiger partial charge >= 0.3 is 6.18 Å². The predicted octanol–water partition coefficient (Wildman–Crippen LogP) is 1.87.